The molecule has 1 aromatic carbocycles. The van der Waals surface area contributed by atoms with Gasteiger partial charge < -0.3 is 20.1 Å². The van der Waals surface area contributed by atoms with Crippen LogP contribution in [-0.4, -0.2) is 39.2 Å². The van der Waals surface area contributed by atoms with Crippen molar-refractivity contribution in [2.24, 2.45) is 0 Å². The molecule has 18 heavy (non-hydrogen) atoms. The fourth-order valence-electron chi connectivity index (χ4n) is 1.28. The second-order valence-corrected chi connectivity index (χ2v) is 3.49. The number of amides is 1. The zero-order valence-electron chi connectivity index (χ0n) is 10.4. The molecule has 0 atom stereocenters. The standard InChI is InChI=1S/C12H16N2O4/c1-17-8-11(15)14-10-5-3-4-9(6-10)13-7-12(16)18-2/h3-6,13H,7-8H2,1-2H3,(H,14,15). The molecule has 0 saturated heterocycles. The first-order chi connectivity index (χ1) is 8.65. The Morgan fingerprint density at radius 1 is 1.22 bits per heavy atom. The highest BCUT2D eigenvalue weighted by atomic mass is 16.5. The Hall–Kier alpha value is -2.08. The quantitative estimate of drug-likeness (QED) is 0.734. The first-order valence-corrected chi connectivity index (χ1v) is 5.35. The van der Waals surface area contributed by atoms with Crippen LogP contribution in [0.5, 0.6) is 0 Å². The van der Waals surface area contributed by atoms with Crippen LogP contribution in [0, 0.1) is 0 Å². The predicted octanol–water partition coefficient (Wildman–Crippen LogP) is 0.856. The van der Waals surface area contributed by atoms with Crippen LogP contribution in [0.15, 0.2) is 24.3 Å². The summed E-state index contributed by atoms with van der Waals surface area (Å²) in [4.78, 5) is 22.3. The molecule has 0 bridgehead atoms. The van der Waals surface area contributed by atoms with E-state index in [1.54, 1.807) is 24.3 Å². The summed E-state index contributed by atoms with van der Waals surface area (Å²) in [6.45, 7) is 0.0752. The van der Waals surface area contributed by atoms with Crippen molar-refractivity contribution in [3.63, 3.8) is 0 Å². The van der Waals surface area contributed by atoms with Crippen molar-refractivity contribution in [2.45, 2.75) is 0 Å². The molecule has 0 unspecified atom stereocenters. The maximum absolute atomic E-state index is 11.3. The van der Waals surface area contributed by atoms with Crippen molar-refractivity contribution in [1.82, 2.24) is 0 Å². The molecule has 1 aromatic rings. The number of hydrogen-bond donors (Lipinski definition) is 2. The third kappa shape index (κ3) is 4.84. The number of rotatable bonds is 6. The molecule has 98 valence electrons. The van der Waals surface area contributed by atoms with Crippen LogP contribution in [0.1, 0.15) is 0 Å². The van der Waals surface area contributed by atoms with E-state index < -0.39 is 0 Å². The number of ether oxygens (including phenoxy) is 2. The fourth-order valence-corrected chi connectivity index (χ4v) is 1.28. The van der Waals surface area contributed by atoms with Gasteiger partial charge in [0, 0.05) is 18.5 Å². The molecule has 0 aliphatic carbocycles. The van der Waals surface area contributed by atoms with Crippen LogP contribution >= 0.6 is 0 Å². The molecular formula is C12H16N2O4. The number of carbonyl (C=O) groups is 2. The summed E-state index contributed by atoms with van der Waals surface area (Å²) in [6.07, 6.45) is 0. The van der Waals surface area contributed by atoms with Gasteiger partial charge in [-0.1, -0.05) is 6.07 Å². The molecule has 1 rings (SSSR count). The summed E-state index contributed by atoms with van der Waals surface area (Å²) in [5.74, 6) is -0.591. The van der Waals surface area contributed by atoms with Crippen molar-refractivity contribution in [1.29, 1.82) is 0 Å². The number of benzene rings is 1. The van der Waals surface area contributed by atoms with Crippen molar-refractivity contribution >= 4 is 23.3 Å². The maximum Gasteiger partial charge on any atom is 0.325 e. The Bertz CT molecular complexity index is 420. The van der Waals surface area contributed by atoms with Gasteiger partial charge in [0.2, 0.25) is 5.91 Å². The lowest BCUT2D eigenvalue weighted by Gasteiger charge is -2.08. The lowest BCUT2D eigenvalue weighted by Crippen LogP contribution is -2.17. The first kappa shape index (κ1) is 14.0. The van der Waals surface area contributed by atoms with Gasteiger partial charge in [-0.3, -0.25) is 9.59 Å². The summed E-state index contributed by atoms with van der Waals surface area (Å²) >= 11 is 0. The second-order valence-electron chi connectivity index (χ2n) is 3.49. The summed E-state index contributed by atoms with van der Waals surface area (Å²) < 4.78 is 9.22. The van der Waals surface area contributed by atoms with Crippen molar-refractivity contribution in [2.75, 3.05) is 38.0 Å². The molecule has 2 N–H and O–H groups in total. The minimum absolute atomic E-state index is 0.000182. The molecule has 0 radical (unpaired) electrons. The summed E-state index contributed by atoms with van der Waals surface area (Å²) in [7, 11) is 2.78. The highest BCUT2D eigenvalue weighted by Gasteiger charge is 2.03. The average Bonchev–Trinajstić information content (AvgIpc) is 2.36. The summed E-state index contributed by atoms with van der Waals surface area (Å²) in [5, 5.41) is 5.55. The zero-order valence-corrected chi connectivity index (χ0v) is 10.4. The molecule has 0 aliphatic rings. The molecule has 0 saturated carbocycles. The molecule has 0 fully saturated rings. The monoisotopic (exact) mass is 252 g/mol. The predicted molar refractivity (Wildman–Crippen MR) is 67.5 cm³/mol. The van der Waals surface area contributed by atoms with Crippen LogP contribution in [0.25, 0.3) is 0 Å². The molecule has 0 spiro atoms. The minimum atomic E-state index is -0.358. The van der Waals surface area contributed by atoms with Gasteiger partial charge in [0.1, 0.15) is 13.2 Å². The van der Waals surface area contributed by atoms with Crippen LogP contribution in [0.3, 0.4) is 0 Å². The Morgan fingerprint density at radius 2 is 1.94 bits per heavy atom. The van der Waals surface area contributed by atoms with Crippen LogP contribution in [-0.2, 0) is 19.1 Å². The lowest BCUT2D eigenvalue weighted by molar-refractivity contribution is -0.138. The minimum Gasteiger partial charge on any atom is -0.468 e. The lowest BCUT2D eigenvalue weighted by atomic mass is 10.2. The molecule has 6 heteroatoms. The molecule has 0 aliphatic heterocycles. The fraction of sp³-hybridized carbons (Fsp3) is 0.333. The Labute approximate surface area is 105 Å². The number of carbonyl (C=O) groups excluding carboxylic acids is 2. The summed E-state index contributed by atoms with van der Waals surface area (Å²) in [5.41, 5.74) is 1.35. The van der Waals surface area contributed by atoms with E-state index in [0.717, 1.165) is 5.69 Å². The van der Waals surface area contributed by atoms with Crippen molar-refractivity contribution in [3.8, 4) is 0 Å². The van der Waals surface area contributed by atoms with E-state index in [4.69, 9.17) is 4.74 Å². The van der Waals surface area contributed by atoms with Crippen molar-refractivity contribution in [3.05, 3.63) is 24.3 Å². The number of hydrogen-bond acceptors (Lipinski definition) is 5. The van der Waals surface area contributed by atoms with Crippen LogP contribution < -0.4 is 10.6 Å². The average molecular weight is 252 g/mol. The van der Waals surface area contributed by atoms with Gasteiger partial charge in [-0.15, -0.1) is 0 Å². The van der Waals surface area contributed by atoms with E-state index in [9.17, 15) is 9.59 Å². The number of nitrogens with one attached hydrogen (secondary N) is 2. The van der Waals surface area contributed by atoms with E-state index in [1.807, 2.05) is 0 Å². The summed E-state index contributed by atoms with van der Waals surface area (Å²) in [6, 6.07) is 7.02. The zero-order chi connectivity index (χ0) is 13.4. The third-order valence-corrected chi connectivity index (χ3v) is 2.09. The number of esters is 1. The van der Waals surface area contributed by atoms with Gasteiger partial charge in [0.15, 0.2) is 0 Å². The van der Waals surface area contributed by atoms with Gasteiger partial charge in [0.05, 0.1) is 7.11 Å². The van der Waals surface area contributed by atoms with Gasteiger partial charge in [0.25, 0.3) is 0 Å². The van der Waals surface area contributed by atoms with E-state index in [0.29, 0.717) is 5.69 Å². The van der Waals surface area contributed by atoms with E-state index >= 15 is 0 Å². The SMILES string of the molecule is COCC(=O)Nc1cccc(NCC(=O)OC)c1. The molecule has 0 aromatic heterocycles. The second kappa shape index (κ2) is 7.29. The van der Waals surface area contributed by atoms with Gasteiger partial charge >= 0.3 is 5.97 Å². The highest BCUT2D eigenvalue weighted by molar-refractivity contribution is 5.92. The normalized spacial score (nSPS) is 9.67. The van der Waals surface area contributed by atoms with E-state index in [2.05, 4.69) is 15.4 Å². The van der Waals surface area contributed by atoms with Gasteiger partial charge in [-0.05, 0) is 18.2 Å². The van der Waals surface area contributed by atoms with E-state index in [-0.39, 0.29) is 25.0 Å². The Kier molecular flexibility index (Phi) is 5.66. The number of methoxy groups -OCH3 is 2. The van der Waals surface area contributed by atoms with E-state index in [1.165, 1.54) is 14.2 Å². The Balaban J connectivity index is 2.56. The van der Waals surface area contributed by atoms with Crippen LogP contribution in [0.2, 0.25) is 0 Å². The van der Waals surface area contributed by atoms with Gasteiger partial charge in [-0.2, -0.15) is 0 Å². The largest absolute Gasteiger partial charge is 0.468 e. The smallest absolute Gasteiger partial charge is 0.325 e. The molecule has 6 nitrogen and oxygen atoms in total. The molecule has 1 amide bonds. The molecular weight excluding hydrogens is 236 g/mol. The number of anilines is 2. The topological polar surface area (TPSA) is 76.7 Å². The third-order valence-electron chi connectivity index (χ3n) is 2.09. The van der Waals surface area contributed by atoms with Gasteiger partial charge in [-0.25, -0.2) is 0 Å². The maximum atomic E-state index is 11.3. The highest BCUT2D eigenvalue weighted by Crippen LogP contribution is 2.14. The van der Waals surface area contributed by atoms with Crippen LogP contribution in [0.4, 0.5) is 11.4 Å². The van der Waals surface area contributed by atoms with Crippen molar-refractivity contribution < 1.29 is 19.1 Å². The first-order valence-electron chi connectivity index (χ1n) is 5.35. The Morgan fingerprint density at radius 3 is 2.61 bits per heavy atom. The molecule has 0 heterocycles.